The number of carbonyl (C=O) groups is 1. The van der Waals surface area contributed by atoms with Gasteiger partial charge < -0.3 is 14.4 Å². The van der Waals surface area contributed by atoms with Crippen LogP contribution in [0, 0.1) is 6.92 Å². The van der Waals surface area contributed by atoms with E-state index in [0.717, 1.165) is 40.3 Å². The Morgan fingerprint density at radius 3 is 2.58 bits per heavy atom. The van der Waals surface area contributed by atoms with E-state index in [1.54, 1.807) is 14.2 Å². The number of amides is 1. The standard InChI is InChI=1S/C21H26N6O3S/c1-11-15-19(30-3)22-14(10-29-2)23-20(15)31-16(11)21(28)27-8-6-13(7-9-27)18-24-17(25-26-18)12-4-5-12/h12-13H,4-10H2,1-3H3,(H,24,25,26). The van der Waals surface area contributed by atoms with Gasteiger partial charge >= 0.3 is 0 Å². The Kier molecular flexibility index (Phi) is 5.35. The van der Waals surface area contributed by atoms with Crippen molar-refractivity contribution >= 4 is 27.5 Å². The van der Waals surface area contributed by atoms with Crippen LogP contribution in [0.15, 0.2) is 0 Å². The second-order valence-electron chi connectivity index (χ2n) is 8.24. The summed E-state index contributed by atoms with van der Waals surface area (Å²) in [5, 5.41) is 8.31. The van der Waals surface area contributed by atoms with Crippen molar-refractivity contribution in [3.8, 4) is 5.88 Å². The first-order valence-electron chi connectivity index (χ1n) is 10.6. The van der Waals surface area contributed by atoms with E-state index in [1.165, 1.54) is 24.2 Å². The van der Waals surface area contributed by atoms with Crippen LogP contribution < -0.4 is 4.74 Å². The van der Waals surface area contributed by atoms with Gasteiger partial charge in [-0.1, -0.05) is 0 Å². The lowest BCUT2D eigenvalue weighted by Gasteiger charge is -2.30. The summed E-state index contributed by atoms with van der Waals surface area (Å²) in [5.41, 5.74) is 0.872. The molecule has 0 spiro atoms. The molecule has 0 atom stereocenters. The van der Waals surface area contributed by atoms with Crippen molar-refractivity contribution < 1.29 is 14.3 Å². The lowest BCUT2D eigenvalue weighted by molar-refractivity contribution is 0.0715. The Hall–Kier alpha value is -2.59. The molecule has 3 aromatic rings. The van der Waals surface area contributed by atoms with E-state index in [9.17, 15) is 4.79 Å². The van der Waals surface area contributed by atoms with Crippen LogP contribution in [0.1, 0.15) is 70.2 Å². The average Bonchev–Trinajstić information content (AvgIpc) is 3.43. The Balaban J connectivity index is 1.33. The molecule has 0 radical (unpaired) electrons. The zero-order valence-electron chi connectivity index (χ0n) is 18.0. The zero-order chi connectivity index (χ0) is 21.5. The Bertz CT molecular complexity index is 1110. The third kappa shape index (κ3) is 3.78. The number of aryl methyl sites for hydroxylation is 1. The van der Waals surface area contributed by atoms with Gasteiger partial charge in [-0.15, -0.1) is 11.3 Å². The van der Waals surface area contributed by atoms with E-state index >= 15 is 0 Å². The summed E-state index contributed by atoms with van der Waals surface area (Å²) >= 11 is 1.40. The number of piperidine rings is 1. The number of nitrogens with one attached hydrogen (secondary N) is 1. The molecule has 5 rings (SSSR count). The van der Waals surface area contributed by atoms with Crippen molar-refractivity contribution in [3.05, 3.63) is 27.9 Å². The van der Waals surface area contributed by atoms with Crippen LogP contribution in [0.4, 0.5) is 0 Å². The fraction of sp³-hybridized carbons (Fsp3) is 0.571. The third-order valence-corrected chi connectivity index (χ3v) is 7.27. The van der Waals surface area contributed by atoms with Gasteiger partial charge in [0, 0.05) is 32.0 Å². The molecule has 1 amide bonds. The van der Waals surface area contributed by atoms with Crippen molar-refractivity contribution in [1.82, 2.24) is 30.0 Å². The minimum Gasteiger partial charge on any atom is -0.480 e. The molecule has 0 unspecified atom stereocenters. The van der Waals surface area contributed by atoms with Gasteiger partial charge in [0.05, 0.1) is 17.4 Å². The third-order valence-electron chi connectivity index (χ3n) is 6.10. The molecular weight excluding hydrogens is 416 g/mol. The first kappa shape index (κ1) is 20.3. The lowest BCUT2D eigenvalue weighted by Crippen LogP contribution is -2.38. The van der Waals surface area contributed by atoms with E-state index < -0.39 is 0 Å². The smallest absolute Gasteiger partial charge is 0.264 e. The number of fused-ring (bicyclic) bond motifs is 1. The molecule has 164 valence electrons. The lowest BCUT2D eigenvalue weighted by atomic mass is 9.96. The number of methoxy groups -OCH3 is 2. The summed E-state index contributed by atoms with van der Waals surface area (Å²) in [7, 11) is 3.18. The Morgan fingerprint density at radius 2 is 1.90 bits per heavy atom. The fourth-order valence-electron chi connectivity index (χ4n) is 4.18. The molecule has 0 bridgehead atoms. The number of ether oxygens (including phenoxy) is 2. The number of carbonyl (C=O) groups excluding carboxylic acids is 1. The first-order chi connectivity index (χ1) is 15.1. The number of rotatable bonds is 6. The van der Waals surface area contributed by atoms with Gasteiger partial charge in [0.25, 0.3) is 5.91 Å². The van der Waals surface area contributed by atoms with Crippen LogP contribution in [0.3, 0.4) is 0 Å². The number of nitrogens with zero attached hydrogens (tertiary/aromatic N) is 5. The van der Waals surface area contributed by atoms with Gasteiger partial charge in [-0.2, -0.15) is 10.1 Å². The minimum atomic E-state index is 0.0468. The second kappa shape index (κ2) is 8.16. The highest BCUT2D eigenvalue weighted by molar-refractivity contribution is 7.20. The van der Waals surface area contributed by atoms with Crippen LogP contribution in [0.25, 0.3) is 10.2 Å². The van der Waals surface area contributed by atoms with Gasteiger partial charge in [0.2, 0.25) is 5.88 Å². The van der Waals surface area contributed by atoms with Crippen molar-refractivity contribution in [2.75, 3.05) is 27.3 Å². The molecular formula is C21H26N6O3S. The molecule has 4 heterocycles. The van der Waals surface area contributed by atoms with Gasteiger partial charge in [0.1, 0.15) is 17.3 Å². The molecule has 1 saturated carbocycles. The molecule has 0 aromatic carbocycles. The number of thiophene rings is 1. The molecule has 1 saturated heterocycles. The Labute approximate surface area is 184 Å². The monoisotopic (exact) mass is 442 g/mol. The maximum absolute atomic E-state index is 13.3. The van der Waals surface area contributed by atoms with Crippen LogP contribution in [-0.4, -0.2) is 63.3 Å². The predicted octanol–water partition coefficient (Wildman–Crippen LogP) is 3.17. The quantitative estimate of drug-likeness (QED) is 0.625. The van der Waals surface area contributed by atoms with Crippen molar-refractivity contribution in [2.45, 2.75) is 51.0 Å². The molecule has 2 fully saturated rings. The number of aromatic amines is 1. The summed E-state index contributed by atoms with van der Waals surface area (Å²) < 4.78 is 10.6. The number of hydrogen-bond acceptors (Lipinski definition) is 8. The number of H-pyrrole nitrogens is 1. The van der Waals surface area contributed by atoms with Crippen LogP contribution >= 0.6 is 11.3 Å². The Morgan fingerprint density at radius 1 is 1.13 bits per heavy atom. The van der Waals surface area contributed by atoms with Crippen LogP contribution in [-0.2, 0) is 11.3 Å². The maximum Gasteiger partial charge on any atom is 0.264 e. The molecule has 1 aliphatic heterocycles. The average molecular weight is 443 g/mol. The van der Waals surface area contributed by atoms with Gasteiger partial charge in [-0.25, -0.2) is 9.97 Å². The fourth-order valence-corrected chi connectivity index (χ4v) is 5.34. The highest BCUT2D eigenvalue weighted by Crippen LogP contribution is 2.39. The number of likely N-dealkylation sites (tertiary alicyclic amines) is 1. The number of aromatic nitrogens is 5. The summed E-state index contributed by atoms with van der Waals surface area (Å²) in [4.78, 5) is 30.4. The molecule has 31 heavy (non-hydrogen) atoms. The molecule has 10 heteroatoms. The topological polar surface area (TPSA) is 106 Å². The van der Waals surface area contributed by atoms with Crippen LogP contribution in [0.5, 0.6) is 5.88 Å². The SMILES string of the molecule is COCc1nc(OC)c2c(C)c(C(=O)N3CCC(c4nc(C5CC5)n[nH]4)CC3)sc2n1. The normalized spacial score (nSPS) is 17.5. The first-order valence-corrected chi connectivity index (χ1v) is 11.4. The largest absolute Gasteiger partial charge is 0.480 e. The summed E-state index contributed by atoms with van der Waals surface area (Å²) in [6.07, 6.45) is 4.16. The predicted molar refractivity (Wildman–Crippen MR) is 116 cm³/mol. The molecule has 9 nitrogen and oxygen atoms in total. The van der Waals surface area contributed by atoms with E-state index in [1.807, 2.05) is 11.8 Å². The van der Waals surface area contributed by atoms with Crippen molar-refractivity contribution in [3.63, 3.8) is 0 Å². The molecule has 1 N–H and O–H groups in total. The molecule has 1 aliphatic carbocycles. The van der Waals surface area contributed by atoms with Crippen molar-refractivity contribution in [2.24, 2.45) is 0 Å². The van der Waals surface area contributed by atoms with Crippen molar-refractivity contribution in [1.29, 1.82) is 0 Å². The van der Waals surface area contributed by atoms with Gasteiger partial charge in [0.15, 0.2) is 11.6 Å². The molecule has 2 aliphatic rings. The maximum atomic E-state index is 13.3. The van der Waals surface area contributed by atoms with Gasteiger partial charge in [-0.3, -0.25) is 9.89 Å². The summed E-state index contributed by atoms with van der Waals surface area (Å²) in [5.74, 6) is 3.88. The summed E-state index contributed by atoms with van der Waals surface area (Å²) in [6, 6.07) is 0. The van der Waals surface area contributed by atoms with E-state index in [-0.39, 0.29) is 5.91 Å². The second-order valence-corrected chi connectivity index (χ2v) is 9.24. The van der Waals surface area contributed by atoms with Crippen LogP contribution in [0.2, 0.25) is 0 Å². The summed E-state index contributed by atoms with van der Waals surface area (Å²) in [6.45, 7) is 3.64. The van der Waals surface area contributed by atoms with E-state index in [2.05, 4.69) is 20.2 Å². The highest BCUT2D eigenvalue weighted by atomic mass is 32.1. The minimum absolute atomic E-state index is 0.0468. The van der Waals surface area contributed by atoms with Gasteiger partial charge in [-0.05, 0) is 38.2 Å². The molecule has 3 aromatic heterocycles. The zero-order valence-corrected chi connectivity index (χ0v) is 18.8. The van der Waals surface area contributed by atoms with E-state index in [4.69, 9.17) is 14.5 Å². The highest BCUT2D eigenvalue weighted by Gasteiger charge is 2.32. The number of hydrogen-bond donors (Lipinski definition) is 1. The van der Waals surface area contributed by atoms with E-state index in [0.29, 0.717) is 48.1 Å².